The van der Waals surface area contributed by atoms with Crippen molar-refractivity contribution in [1.82, 2.24) is 0 Å². The fourth-order valence-corrected chi connectivity index (χ4v) is 0.818. The molecular weight excluding hydrogens is 200 g/mol. The van der Waals surface area contributed by atoms with Gasteiger partial charge in [-0.05, 0) is 6.42 Å². The van der Waals surface area contributed by atoms with Crippen LogP contribution in [0.5, 0.6) is 0 Å². The number of rotatable bonds is 10. The zero-order chi connectivity index (χ0) is 11.5. The molecule has 4 N–H and O–H groups in total. The first-order valence-corrected chi connectivity index (χ1v) is 4.87. The van der Waals surface area contributed by atoms with Crippen LogP contribution in [0.4, 0.5) is 0 Å². The predicted octanol–water partition coefficient (Wildman–Crippen LogP) is -1.13. The van der Waals surface area contributed by atoms with Gasteiger partial charge in [-0.25, -0.2) is 0 Å². The molecule has 0 aliphatic rings. The van der Waals surface area contributed by atoms with E-state index >= 15 is 0 Å². The number of methoxy groups -OCH3 is 1. The molecule has 6 heteroatoms. The minimum Gasteiger partial charge on any atom is -0.385 e. The Labute approximate surface area is 89.8 Å². The summed E-state index contributed by atoms with van der Waals surface area (Å²) in [6, 6.07) is -0.738. The minimum absolute atomic E-state index is 0.136. The Bertz CT molecular complexity index is 166. The summed E-state index contributed by atoms with van der Waals surface area (Å²) in [7, 11) is 1.65. The fourth-order valence-electron chi connectivity index (χ4n) is 0.818. The summed E-state index contributed by atoms with van der Waals surface area (Å²) in [6.07, 6.45) is 0.858. The Kier molecular flexibility index (Phi) is 9.40. The van der Waals surface area contributed by atoms with Crippen molar-refractivity contribution in [3.05, 3.63) is 0 Å². The highest BCUT2D eigenvalue weighted by atomic mass is 16.5. The smallest absolute Gasteiger partial charge is 0.236 e. The highest BCUT2D eigenvalue weighted by Crippen LogP contribution is 1.85. The molecule has 15 heavy (non-hydrogen) atoms. The summed E-state index contributed by atoms with van der Waals surface area (Å²) in [4.78, 5) is 10.5. The van der Waals surface area contributed by atoms with E-state index in [0.29, 0.717) is 26.4 Å². The van der Waals surface area contributed by atoms with E-state index in [4.69, 9.17) is 25.7 Å². The van der Waals surface area contributed by atoms with Crippen molar-refractivity contribution >= 4 is 5.91 Å². The Morgan fingerprint density at radius 2 is 1.87 bits per heavy atom. The number of ether oxygens (including phenoxy) is 3. The molecule has 0 spiro atoms. The number of hydrogen-bond donors (Lipinski definition) is 2. The van der Waals surface area contributed by atoms with Gasteiger partial charge in [-0.2, -0.15) is 0 Å². The van der Waals surface area contributed by atoms with Gasteiger partial charge in [0.2, 0.25) is 5.91 Å². The molecule has 0 saturated heterocycles. The van der Waals surface area contributed by atoms with E-state index in [2.05, 4.69) is 0 Å². The molecule has 6 nitrogen and oxygen atoms in total. The SMILES string of the molecule is COCCCOCCOCC(N)C(N)=O. The molecule has 0 aliphatic carbocycles. The zero-order valence-electron chi connectivity index (χ0n) is 9.11. The lowest BCUT2D eigenvalue weighted by Gasteiger charge is -2.08. The summed E-state index contributed by atoms with van der Waals surface area (Å²) >= 11 is 0. The highest BCUT2D eigenvalue weighted by Gasteiger charge is 2.07. The second kappa shape index (κ2) is 9.85. The van der Waals surface area contributed by atoms with E-state index in [1.165, 1.54) is 0 Å². The van der Waals surface area contributed by atoms with Crippen molar-refractivity contribution in [2.45, 2.75) is 12.5 Å². The molecule has 0 aliphatic heterocycles. The third kappa shape index (κ3) is 9.61. The van der Waals surface area contributed by atoms with Gasteiger partial charge in [-0.3, -0.25) is 4.79 Å². The molecule has 0 bridgehead atoms. The first-order chi connectivity index (χ1) is 7.18. The largest absolute Gasteiger partial charge is 0.385 e. The van der Waals surface area contributed by atoms with Gasteiger partial charge in [0.1, 0.15) is 6.04 Å². The van der Waals surface area contributed by atoms with Crippen molar-refractivity contribution in [2.24, 2.45) is 11.5 Å². The van der Waals surface area contributed by atoms with Crippen LogP contribution >= 0.6 is 0 Å². The molecule has 90 valence electrons. The summed E-state index contributed by atoms with van der Waals surface area (Å²) in [5, 5.41) is 0. The maximum absolute atomic E-state index is 10.5. The third-order valence-corrected chi connectivity index (χ3v) is 1.67. The maximum atomic E-state index is 10.5. The van der Waals surface area contributed by atoms with Crippen LogP contribution in [0.1, 0.15) is 6.42 Å². The summed E-state index contributed by atoms with van der Waals surface area (Å²) in [5.74, 6) is -0.559. The van der Waals surface area contributed by atoms with Gasteiger partial charge in [-0.1, -0.05) is 0 Å². The molecule has 1 amide bonds. The average Bonchev–Trinajstić information content (AvgIpc) is 2.21. The summed E-state index contributed by atoms with van der Waals surface area (Å²) in [5.41, 5.74) is 10.3. The van der Waals surface area contributed by atoms with E-state index in [1.54, 1.807) is 7.11 Å². The van der Waals surface area contributed by atoms with Crippen LogP contribution in [0, 0.1) is 0 Å². The number of amides is 1. The second-order valence-electron chi connectivity index (χ2n) is 3.04. The standard InChI is InChI=1S/C9H20N2O4/c1-13-3-2-4-14-5-6-15-7-8(10)9(11)12/h8H,2-7,10H2,1H3,(H2,11,12). The lowest BCUT2D eigenvalue weighted by molar-refractivity contribution is -0.120. The molecule has 0 fully saturated rings. The van der Waals surface area contributed by atoms with Crippen LogP contribution in [0.2, 0.25) is 0 Å². The van der Waals surface area contributed by atoms with Gasteiger partial charge >= 0.3 is 0 Å². The monoisotopic (exact) mass is 220 g/mol. The van der Waals surface area contributed by atoms with E-state index in [9.17, 15) is 4.79 Å². The molecule has 0 radical (unpaired) electrons. The molecule has 0 aromatic carbocycles. The maximum Gasteiger partial charge on any atom is 0.236 e. The first kappa shape index (κ1) is 14.3. The first-order valence-electron chi connectivity index (χ1n) is 4.87. The van der Waals surface area contributed by atoms with Crippen LogP contribution < -0.4 is 11.5 Å². The third-order valence-electron chi connectivity index (χ3n) is 1.67. The Morgan fingerprint density at radius 1 is 1.20 bits per heavy atom. The van der Waals surface area contributed by atoms with Crippen LogP contribution in [0.3, 0.4) is 0 Å². The molecule has 1 atom stereocenters. The van der Waals surface area contributed by atoms with Crippen LogP contribution in [-0.4, -0.2) is 52.1 Å². The average molecular weight is 220 g/mol. The highest BCUT2D eigenvalue weighted by molar-refractivity contribution is 5.79. The van der Waals surface area contributed by atoms with Gasteiger partial charge < -0.3 is 25.7 Å². The number of primary amides is 1. The van der Waals surface area contributed by atoms with E-state index in [0.717, 1.165) is 6.42 Å². The molecule has 1 unspecified atom stereocenters. The normalized spacial score (nSPS) is 12.7. The molecule has 0 rings (SSSR count). The van der Waals surface area contributed by atoms with E-state index in [1.807, 2.05) is 0 Å². The summed E-state index contributed by atoms with van der Waals surface area (Å²) in [6.45, 7) is 2.35. The van der Waals surface area contributed by atoms with Crippen LogP contribution in [0.15, 0.2) is 0 Å². The number of hydrogen-bond acceptors (Lipinski definition) is 5. The summed E-state index contributed by atoms with van der Waals surface area (Å²) < 4.78 is 15.1. The molecule has 0 heterocycles. The zero-order valence-corrected chi connectivity index (χ0v) is 9.11. The topological polar surface area (TPSA) is 96.8 Å². The predicted molar refractivity (Wildman–Crippen MR) is 55.3 cm³/mol. The Morgan fingerprint density at radius 3 is 2.47 bits per heavy atom. The van der Waals surface area contributed by atoms with Crippen LogP contribution in [-0.2, 0) is 19.0 Å². The Hall–Kier alpha value is -0.690. The van der Waals surface area contributed by atoms with Gasteiger partial charge in [-0.15, -0.1) is 0 Å². The van der Waals surface area contributed by atoms with Crippen molar-refractivity contribution < 1.29 is 19.0 Å². The van der Waals surface area contributed by atoms with Crippen LogP contribution in [0.25, 0.3) is 0 Å². The quantitative estimate of drug-likeness (QED) is 0.454. The Balaban J connectivity index is 3.08. The lowest BCUT2D eigenvalue weighted by Crippen LogP contribution is -2.40. The fraction of sp³-hybridized carbons (Fsp3) is 0.889. The van der Waals surface area contributed by atoms with Gasteiger partial charge in [0.15, 0.2) is 0 Å². The molecule has 0 aromatic heterocycles. The molecular formula is C9H20N2O4. The van der Waals surface area contributed by atoms with Crippen molar-refractivity contribution in [3.8, 4) is 0 Å². The molecule has 0 saturated carbocycles. The van der Waals surface area contributed by atoms with Gasteiger partial charge in [0, 0.05) is 20.3 Å². The molecule has 0 aromatic rings. The number of nitrogens with two attached hydrogens (primary N) is 2. The van der Waals surface area contributed by atoms with Gasteiger partial charge in [0.25, 0.3) is 0 Å². The lowest BCUT2D eigenvalue weighted by atomic mass is 10.3. The minimum atomic E-state index is -0.738. The number of carbonyl (C=O) groups excluding carboxylic acids is 1. The van der Waals surface area contributed by atoms with E-state index < -0.39 is 11.9 Å². The van der Waals surface area contributed by atoms with Crippen molar-refractivity contribution in [3.63, 3.8) is 0 Å². The van der Waals surface area contributed by atoms with Gasteiger partial charge in [0.05, 0.1) is 19.8 Å². The van der Waals surface area contributed by atoms with E-state index in [-0.39, 0.29) is 6.61 Å². The second-order valence-corrected chi connectivity index (χ2v) is 3.04. The number of carbonyl (C=O) groups is 1. The van der Waals surface area contributed by atoms with Crippen molar-refractivity contribution in [2.75, 3.05) is 40.1 Å². The van der Waals surface area contributed by atoms with Crippen molar-refractivity contribution in [1.29, 1.82) is 0 Å².